The second kappa shape index (κ2) is 6.72. The molecule has 0 unspecified atom stereocenters. The number of rotatable bonds is 3. The predicted molar refractivity (Wildman–Crippen MR) is 82.4 cm³/mol. The van der Waals surface area contributed by atoms with Crippen LogP contribution in [-0.2, 0) is 9.59 Å². The zero-order valence-electron chi connectivity index (χ0n) is 13.0. The van der Waals surface area contributed by atoms with Crippen LogP contribution in [0, 0.1) is 13.8 Å². The van der Waals surface area contributed by atoms with Gasteiger partial charge in [-0.25, -0.2) is 0 Å². The summed E-state index contributed by atoms with van der Waals surface area (Å²) in [5, 5.41) is 3.02. The zero-order chi connectivity index (χ0) is 15.4. The number of anilines is 1. The fraction of sp³-hybridized carbons (Fsp3) is 0.500. The van der Waals surface area contributed by atoms with Crippen LogP contribution < -0.4 is 10.2 Å². The van der Waals surface area contributed by atoms with Gasteiger partial charge in [-0.15, -0.1) is 0 Å². The Bertz CT molecular complexity index is 514. The molecule has 0 saturated carbocycles. The molecule has 5 nitrogen and oxygen atoms in total. The Morgan fingerprint density at radius 1 is 1.19 bits per heavy atom. The van der Waals surface area contributed by atoms with Crippen molar-refractivity contribution in [3.8, 4) is 0 Å². The maximum absolute atomic E-state index is 12.2. The molecule has 21 heavy (non-hydrogen) atoms. The minimum Gasteiger partial charge on any atom is -0.332 e. The summed E-state index contributed by atoms with van der Waals surface area (Å²) in [4.78, 5) is 26.5. The third kappa shape index (κ3) is 4.04. The van der Waals surface area contributed by atoms with Crippen molar-refractivity contribution < 1.29 is 14.5 Å². The highest BCUT2D eigenvalue weighted by atomic mass is 16.2. The molecule has 0 aromatic heterocycles. The van der Waals surface area contributed by atoms with Gasteiger partial charge < -0.3 is 15.1 Å². The molecule has 1 aromatic rings. The average molecular weight is 290 g/mol. The van der Waals surface area contributed by atoms with Crippen LogP contribution in [0.3, 0.4) is 0 Å². The highest BCUT2D eigenvalue weighted by Crippen LogP contribution is 2.18. The molecule has 0 atom stereocenters. The van der Waals surface area contributed by atoms with Crippen molar-refractivity contribution in [1.82, 2.24) is 4.90 Å². The predicted octanol–water partition coefficient (Wildman–Crippen LogP) is -0.0111. The number of benzene rings is 1. The second-order valence-electron chi connectivity index (χ2n) is 5.75. The summed E-state index contributed by atoms with van der Waals surface area (Å²) in [5.41, 5.74) is 3.09. The molecule has 2 N–H and O–H groups in total. The largest absolute Gasteiger partial charge is 0.332 e. The fourth-order valence-electron chi connectivity index (χ4n) is 2.74. The summed E-state index contributed by atoms with van der Waals surface area (Å²) >= 11 is 0. The van der Waals surface area contributed by atoms with Crippen molar-refractivity contribution in [2.24, 2.45) is 0 Å². The second-order valence-corrected chi connectivity index (χ2v) is 5.75. The van der Waals surface area contributed by atoms with Gasteiger partial charge in [0.15, 0.2) is 6.54 Å². The Morgan fingerprint density at radius 3 is 2.29 bits per heavy atom. The lowest BCUT2D eigenvalue weighted by molar-refractivity contribution is -0.895. The number of nitrogens with zero attached hydrogens (tertiary/aromatic N) is 1. The summed E-state index contributed by atoms with van der Waals surface area (Å²) in [7, 11) is 0. The molecule has 2 amide bonds. The van der Waals surface area contributed by atoms with Gasteiger partial charge >= 0.3 is 0 Å². The van der Waals surface area contributed by atoms with E-state index in [9.17, 15) is 9.59 Å². The van der Waals surface area contributed by atoms with E-state index in [0.29, 0.717) is 6.54 Å². The molecule has 0 bridgehead atoms. The monoisotopic (exact) mass is 290 g/mol. The van der Waals surface area contributed by atoms with Crippen LogP contribution in [0.2, 0.25) is 0 Å². The van der Waals surface area contributed by atoms with Crippen LogP contribution in [0.25, 0.3) is 0 Å². The number of nitrogens with one attached hydrogen (secondary N) is 2. The normalized spacial score (nSPS) is 15.9. The lowest BCUT2D eigenvalue weighted by Crippen LogP contribution is -3.15. The van der Waals surface area contributed by atoms with Gasteiger partial charge in [-0.3, -0.25) is 9.59 Å². The Labute approximate surface area is 125 Å². The molecule has 5 heteroatoms. The SMILES string of the molecule is CC(=O)N1CC[NH+](CC(=O)Nc2c(C)cccc2C)CC1. The van der Waals surface area contributed by atoms with Gasteiger partial charge in [0.1, 0.15) is 0 Å². The highest BCUT2D eigenvalue weighted by Gasteiger charge is 2.23. The van der Waals surface area contributed by atoms with E-state index < -0.39 is 0 Å². The van der Waals surface area contributed by atoms with Crippen LogP contribution in [0.15, 0.2) is 18.2 Å². The Hall–Kier alpha value is -1.88. The summed E-state index contributed by atoms with van der Waals surface area (Å²) in [6, 6.07) is 5.99. The van der Waals surface area contributed by atoms with Crippen molar-refractivity contribution >= 4 is 17.5 Å². The van der Waals surface area contributed by atoms with E-state index in [1.807, 2.05) is 36.9 Å². The van der Waals surface area contributed by atoms with Crippen molar-refractivity contribution in [2.45, 2.75) is 20.8 Å². The number of quaternary nitrogens is 1. The molecule has 0 spiro atoms. The third-order valence-corrected chi connectivity index (χ3v) is 4.07. The first kappa shape index (κ1) is 15.5. The van der Waals surface area contributed by atoms with Crippen molar-refractivity contribution in [3.05, 3.63) is 29.3 Å². The lowest BCUT2D eigenvalue weighted by atomic mass is 10.1. The van der Waals surface area contributed by atoms with Gasteiger partial charge in [0.05, 0.1) is 26.2 Å². The van der Waals surface area contributed by atoms with Crippen molar-refractivity contribution in [3.63, 3.8) is 0 Å². The van der Waals surface area contributed by atoms with Gasteiger partial charge in [0, 0.05) is 12.6 Å². The number of hydrogen-bond donors (Lipinski definition) is 2. The van der Waals surface area contributed by atoms with E-state index >= 15 is 0 Å². The number of carbonyl (C=O) groups excluding carboxylic acids is 2. The molecule has 1 fully saturated rings. The Morgan fingerprint density at radius 2 is 1.76 bits per heavy atom. The average Bonchev–Trinajstić information content (AvgIpc) is 2.43. The zero-order valence-corrected chi connectivity index (χ0v) is 13.0. The topological polar surface area (TPSA) is 53.9 Å². The number of aryl methyl sites for hydroxylation is 2. The number of carbonyl (C=O) groups is 2. The van der Waals surface area contributed by atoms with E-state index in [2.05, 4.69) is 5.32 Å². The molecule has 1 aliphatic rings. The molecule has 1 heterocycles. The van der Waals surface area contributed by atoms with E-state index in [1.54, 1.807) is 6.92 Å². The molecule has 1 aromatic carbocycles. The standard InChI is InChI=1S/C16H23N3O2/c1-12-5-4-6-13(2)16(12)17-15(21)11-18-7-9-19(10-8-18)14(3)20/h4-6H,7-11H2,1-3H3,(H,17,21)/p+1. The van der Waals surface area contributed by atoms with Crippen LogP contribution in [0.5, 0.6) is 0 Å². The number of piperazine rings is 1. The number of amides is 2. The maximum Gasteiger partial charge on any atom is 0.279 e. The molecular weight excluding hydrogens is 266 g/mol. The van der Waals surface area contributed by atoms with E-state index in [4.69, 9.17) is 0 Å². The molecule has 2 rings (SSSR count). The Kier molecular flexibility index (Phi) is 4.96. The number of para-hydroxylation sites is 1. The molecule has 1 saturated heterocycles. The highest BCUT2D eigenvalue weighted by molar-refractivity contribution is 5.93. The maximum atomic E-state index is 12.2. The van der Waals surface area contributed by atoms with Crippen LogP contribution in [0.4, 0.5) is 5.69 Å². The first-order valence-corrected chi connectivity index (χ1v) is 7.42. The quantitative estimate of drug-likeness (QED) is 0.823. The summed E-state index contributed by atoms with van der Waals surface area (Å²) < 4.78 is 0. The minimum absolute atomic E-state index is 0.0404. The first-order chi connectivity index (χ1) is 9.97. The van der Waals surface area contributed by atoms with Gasteiger partial charge in [-0.05, 0) is 25.0 Å². The molecule has 0 aliphatic carbocycles. The minimum atomic E-state index is 0.0404. The van der Waals surface area contributed by atoms with Crippen molar-refractivity contribution in [1.29, 1.82) is 0 Å². The van der Waals surface area contributed by atoms with Gasteiger partial charge in [-0.1, -0.05) is 18.2 Å². The van der Waals surface area contributed by atoms with Crippen molar-refractivity contribution in [2.75, 3.05) is 38.0 Å². The van der Waals surface area contributed by atoms with E-state index in [-0.39, 0.29) is 11.8 Å². The van der Waals surface area contributed by atoms with Gasteiger partial charge in [-0.2, -0.15) is 0 Å². The molecule has 0 radical (unpaired) electrons. The molecular formula is C16H24N3O2+. The fourth-order valence-corrected chi connectivity index (χ4v) is 2.74. The van der Waals surface area contributed by atoms with E-state index in [1.165, 1.54) is 4.90 Å². The third-order valence-electron chi connectivity index (χ3n) is 4.07. The number of hydrogen-bond acceptors (Lipinski definition) is 2. The van der Waals surface area contributed by atoms with Crippen LogP contribution >= 0.6 is 0 Å². The lowest BCUT2D eigenvalue weighted by Gasteiger charge is -2.31. The van der Waals surface area contributed by atoms with Gasteiger partial charge in [0.25, 0.3) is 5.91 Å². The van der Waals surface area contributed by atoms with Crippen LogP contribution in [0.1, 0.15) is 18.1 Å². The van der Waals surface area contributed by atoms with Crippen LogP contribution in [-0.4, -0.2) is 49.4 Å². The first-order valence-electron chi connectivity index (χ1n) is 7.42. The summed E-state index contributed by atoms with van der Waals surface area (Å²) in [5.74, 6) is 0.160. The van der Waals surface area contributed by atoms with Gasteiger partial charge in [0.2, 0.25) is 5.91 Å². The molecule has 114 valence electrons. The molecule has 1 aliphatic heterocycles. The smallest absolute Gasteiger partial charge is 0.279 e. The van der Waals surface area contributed by atoms with E-state index in [0.717, 1.165) is 43.0 Å². The summed E-state index contributed by atoms with van der Waals surface area (Å²) in [6.07, 6.45) is 0. The Balaban J connectivity index is 1.87. The summed E-state index contributed by atoms with van der Waals surface area (Å²) in [6.45, 7) is 9.20.